The van der Waals surface area contributed by atoms with Crippen LogP contribution in [0.3, 0.4) is 0 Å². The number of alkyl halides is 3. The van der Waals surface area contributed by atoms with Gasteiger partial charge in [0.1, 0.15) is 5.78 Å². The Labute approximate surface area is 90.8 Å². The van der Waals surface area contributed by atoms with Crippen LogP contribution in [-0.4, -0.2) is 35.6 Å². The minimum Gasteiger partial charge on any atom is -0.475 e. The Balaban J connectivity index is 0.000000293. The predicted octanol–water partition coefficient (Wildman–Crippen LogP) is 1.35. The second-order valence-electron chi connectivity index (χ2n) is 3.27. The molecular weight excluding hydrogens is 227 g/mol. The molecule has 4 nitrogen and oxygen atoms in total. The third-order valence-electron chi connectivity index (χ3n) is 2.04. The maximum absolute atomic E-state index is 11.0. The summed E-state index contributed by atoms with van der Waals surface area (Å²) in [5.74, 6) is -2.39. The molecule has 0 saturated carbocycles. The highest BCUT2D eigenvalue weighted by Crippen LogP contribution is 2.13. The number of carboxylic acid groups (broad SMARTS) is 1. The Morgan fingerprint density at radius 3 is 2.19 bits per heavy atom. The van der Waals surface area contributed by atoms with Gasteiger partial charge in [-0.2, -0.15) is 13.2 Å². The van der Waals surface area contributed by atoms with Crippen molar-refractivity contribution >= 4 is 11.8 Å². The van der Waals surface area contributed by atoms with Crippen LogP contribution in [0, 0.1) is 0 Å². The highest BCUT2D eigenvalue weighted by molar-refractivity contribution is 5.83. The quantitative estimate of drug-likeness (QED) is 0.765. The molecule has 0 aromatic heterocycles. The molecule has 0 aromatic carbocycles. The normalized spacial score (nSPS) is 19.9. The standard InChI is InChI=1S/C7H13NO.C2HF3O2/c1-2-7(9)6-4-3-5-8-6;3-2(4,5)1(6)7/h6,8H,2-5H2,1H3;(H,6,7)/t6-;/m0./s1. The van der Waals surface area contributed by atoms with E-state index in [1.165, 1.54) is 0 Å². The van der Waals surface area contributed by atoms with Gasteiger partial charge in [0.15, 0.2) is 0 Å². The lowest BCUT2D eigenvalue weighted by atomic mass is 10.1. The van der Waals surface area contributed by atoms with Gasteiger partial charge >= 0.3 is 12.1 Å². The highest BCUT2D eigenvalue weighted by atomic mass is 19.4. The summed E-state index contributed by atoms with van der Waals surface area (Å²) in [4.78, 5) is 19.8. The van der Waals surface area contributed by atoms with Crippen LogP contribution in [0.2, 0.25) is 0 Å². The van der Waals surface area contributed by atoms with E-state index in [1.807, 2.05) is 6.92 Å². The van der Waals surface area contributed by atoms with Crippen LogP contribution in [0.25, 0.3) is 0 Å². The molecule has 1 atom stereocenters. The van der Waals surface area contributed by atoms with E-state index in [0.29, 0.717) is 12.2 Å². The molecule has 0 unspecified atom stereocenters. The van der Waals surface area contributed by atoms with Crippen LogP contribution in [0.15, 0.2) is 0 Å². The molecule has 1 aliphatic heterocycles. The van der Waals surface area contributed by atoms with Crippen LogP contribution in [0.1, 0.15) is 26.2 Å². The number of aliphatic carboxylic acids is 1. The molecule has 0 bridgehead atoms. The van der Waals surface area contributed by atoms with Gasteiger partial charge in [-0.05, 0) is 19.4 Å². The van der Waals surface area contributed by atoms with Crippen LogP contribution >= 0.6 is 0 Å². The largest absolute Gasteiger partial charge is 0.490 e. The van der Waals surface area contributed by atoms with E-state index in [4.69, 9.17) is 9.90 Å². The Hall–Kier alpha value is -1.11. The first-order chi connectivity index (χ1) is 7.29. The molecule has 0 aliphatic carbocycles. The van der Waals surface area contributed by atoms with Crippen molar-refractivity contribution in [3.63, 3.8) is 0 Å². The second-order valence-corrected chi connectivity index (χ2v) is 3.27. The summed E-state index contributed by atoms with van der Waals surface area (Å²) < 4.78 is 31.7. The zero-order valence-electron chi connectivity index (χ0n) is 8.80. The summed E-state index contributed by atoms with van der Waals surface area (Å²) in [6.45, 7) is 2.94. The minimum absolute atomic E-state index is 0.190. The van der Waals surface area contributed by atoms with Crippen molar-refractivity contribution in [2.24, 2.45) is 0 Å². The first kappa shape index (κ1) is 14.9. The van der Waals surface area contributed by atoms with E-state index in [-0.39, 0.29) is 6.04 Å². The van der Waals surface area contributed by atoms with E-state index in [0.717, 1.165) is 19.4 Å². The van der Waals surface area contributed by atoms with Crippen molar-refractivity contribution in [2.45, 2.75) is 38.4 Å². The molecule has 0 amide bonds. The van der Waals surface area contributed by atoms with E-state index in [9.17, 15) is 18.0 Å². The van der Waals surface area contributed by atoms with Crippen molar-refractivity contribution in [1.29, 1.82) is 0 Å². The number of carboxylic acids is 1. The lowest BCUT2D eigenvalue weighted by Crippen LogP contribution is -2.29. The second kappa shape index (κ2) is 6.47. The third kappa shape index (κ3) is 5.69. The third-order valence-corrected chi connectivity index (χ3v) is 2.04. The van der Waals surface area contributed by atoms with E-state index in [2.05, 4.69) is 5.32 Å². The summed E-state index contributed by atoms with van der Waals surface area (Å²) in [5.41, 5.74) is 0. The number of hydrogen-bond donors (Lipinski definition) is 2. The average molecular weight is 241 g/mol. The van der Waals surface area contributed by atoms with E-state index in [1.54, 1.807) is 0 Å². The molecule has 1 heterocycles. The number of halogens is 3. The molecule has 1 saturated heterocycles. The molecule has 1 fully saturated rings. The molecule has 7 heteroatoms. The van der Waals surface area contributed by atoms with Crippen molar-refractivity contribution in [1.82, 2.24) is 5.32 Å². The summed E-state index contributed by atoms with van der Waals surface area (Å²) >= 11 is 0. The number of nitrogens with one attached hydrogen (secondary N) is 1. The summed E-state index contributed by atoms with van der Waals surface area (Å²) in [5, 5.41) is 10.3. The Morgan fingerprint density at radius 1 is 1.44 bits per heavy atom. The molecule has 2 N–H and O–H groups in total. The number of Topliss-reactive ketones (excluding diaryl/α,β-unsaturated/α-hetero) is 1. The van der Waals surface area contributed by atoms with Gasteiger partial charge in [0.2, 0.25) is 0 Å². The van der Waals surface area contributed by atoms with Gasteiger partial charge in [0.05, 0.1) is 6.04 Å². The van der Waals surface area contributed by atoms with E-state index < -0.39 is 12.1 Å². The first-order valence-corrected chi connectivity index (χ1v) is 4.85. The van der Waals surface area contributed by atoms with Gasteiger partial charge in [0.25, 0.3) is 0 Å². The van der Waals surface area contributed by atoms with Crippen LogP contribution in [0.5, 0.6) is 0 Å². The van der Waals surface area contributed by atoms with Crippen LogP contribution in [0.4, 0.5) is 13.2 Å². The maximum atomic E-state index is 11.0. The Kier molecular flexibility index (Phi) is 6.02. The summed E-state index contributed by atoms with van der Waals surface area (Å²) in [6.07, 6.45) is -2.19. The van der Waals surface area contributed by atoms with Gasteiger partial charge in [0, 0.05) is 6.42 Å². The van der Waals surface area contributed by atoms with Gasteiger partial charge in [-0.25, -0.2) is 4.79 Å². The number of carbonyl (C=O) groups excluding carboxylic acids is 1. The fourth-order valence-electron chi connectivity index (χ4n) is 1.21. The highest BCUT2D eigenvalue weighted by Gasteiger charge is 2.38. The first-order valence-electron chi connectivity index (χ1n) is 4.85. The van der Waals surface area contributed by atoms with Crippen LogP contribution in [-0.2, 0) is 9.59 Å². The molecule has 0 aromatic rings. The van der Waals surface area contributed by atoms with Crippen molar-refractivity contribution in [3.05, 3.63) is 0 Å². The van der Waals surface area contributed by atoms with Gasteiger partial charge in [-0.3, -0.25) is 4.79 Å². The molecule has 94 valence electrons. The topological polar surface area (TPSA) is 66.4 Å². The molecule has 1 rings (SSSR count). The summed E-state index contributed by atoms with van der Waals surface area (Å²) in [7, 11) is 0. The maximum Gasteiger partial charge on any atom is 0.490 e. The van der Waals surface area contributed by atoms with Crippen molar-refractivity contribution in [3.8, 4) is 0 Å². The van der Waals surface area contributed by atoms with Crippen LogP contribution < -0.4 is 5.32 Å². The van der Waals surface area contributed by atoms with E-state index >= 15 is 0 Å². The molecular formula is C9H14F3NO3. The fraction of sp³-hybridized carbons (Fsp3) is 0.778. The number of carbonyl (C=O) groups is 2. The molecule has 0 radical (unpaired) electrons. The summed E-state index contributed by atoms with van der Waals surface area (Å²) in [6, 6.07) is 0.190. The number of ketones is 1. The van der Waals surface area contributed by atoms with Crippen molar-refractivity contribution < 1.29 is 27.9 Å². The van der Waals surface area contributed by atoms with Crippen molar-refractivity contribution in [2.75, 3.05) is 6.54 Å². The predicted molar refractivity (Wildman–Crippen MR) is 50.0 cm³/mol. The van der Waals surface area contributed by atoms with Gasteiger partial charge < -0.3 is 10.4 Å². The SMILES string of the molecule is CCC(=O)[C@@H]1CCCN1.O=C(O)C(F)(F)F. The zero-order chi connectivity index (χ0) is 12.8. The lowest BCUT2D eigenvalue weighted by Gasteiger charge is -2.04. The monoisotopic (exact) mass is 241 g/mol. The zero-order valence-corrected chi connectivity index (χ0v) is 8.80. The molecule has 16 heavy (non-hydrogen) atoms. The number of rotatable bonds is 2. The Bertz CT molecular complexity index is 247. The van der Waals surface area contributed by atoms with Gasteiger partial charge in [-0.1, -0.05) is 6.92 Å². The number of hydrogen-bond acceptors (Lipinski definition) is 3. The Morgan fingerprint density at radius 2 is 1.94 bits per heavy atom. The molecule has 0 spiro atoms. The fourth-order valence-corrected chi connectivity index (χ4v) is 1.21. The van der Waals surface area contributed by atoms with Gasteiger partial charge in [-0.15, -0.1) is 0 Å². The smallest absolute Gasteiger partial charge is 0.475 e. The lowest BCUT2D eigenvalue weighted by molar-refractivity contribution is -0.192. The minimum atomic E-state index is -5.08. The molecule has 1 aliphatic rings. The average Bonchev–Trinajstić information content (AvgIpc) is 2.69.